The van der Waals surface area contributed by atoms with Crippen molar-refractivity contribution in [2.45, 2.75) is 38.6 Å². The molecule has 0 saturated carbocycles. The van der Waals surface area contributed by atoms with E-state index in [1.807, 2.05) is 11.7 Å². The first-order valence-corrected chi connectivity index (χ1v) is 7.27. The zero-order chi connectivity index (χ0) is 14.0. The lowest BCUT2D eigenvalue weighted by atomic mass is 10.2. The number of nitrogen functional groups attached to an aromatic ring is 1. The second-order valence-electron chi connectivity index (χ2n) is 5.71. The van der Waals surface area contributed by atoms with Gasteiger partial charge in [0.2, 0.25) is 0 Å². The Kier molecular flexibility index (Phi) is 4.34. The van der Waals surface area contributed by atoms with Crippen molar-refractivity contribution in [1.29, 1.82) is 0 Å². The standard InChI is InChI=1S/C14H27N5/c1-5-7-12-13(15)14(19(4)16-12)18(3)10-11-8-6-9-17(11)2/h11H,5-10,15H2,1-4H3. The fourth-order valence-electron chi connectivity index (χ4n) is 3.07. The number of nitrogens with zero attached hydrogens (tertiary/aromatic N) is 4. The summed E-state index contributed by atoms with van der Waals surface area (Å²) in [4.78, 5) is 4.70. The van der Waals surface area contributed by atoms with E-state index in [1.54, 1.807) is 0 Å². The highest BCUT2D eigenvalue weighted by Crippen LogP contribution is 2.27. The Morgan fingerprint density at radius 1 is 1.42 bits per heavy atom. The molecule has 0 aliphatic carbocycles. The van der Waals surface area contributed by atoms with Gasteiger partial charge in [-0.3, -0.25) is 4.68 Å². The molecule has 1 saturated heterocycles. The summed E-state index contributed by atoms with van der Waals surface area (Å²) in [6.45, 7) is 4.39. The van der Waals surface area contributed by atoms with Crippen molar-refractivity contribution < 1.29 is 0 Å². The number of hydrogen-bond donors (Lipinski definition) is 1. The summed E-state index contributed by atoms with van der Waals surface area (Å²) in [5.41, 5.74) is 8.15. The number of likely N-dealkylation sites (tertiary alicyclic amines) is 1. The Balaban J connectivity index is 2.12. The summed E-state index contributed by atoms with van der Waals surface area (Å²) >= 11 is 0. The Morgan fingerprint density at radius 2 is 2.16 bits per heavy atom. The molecule has 1 unspecified atom stereocenters. The van der Waals surface area contributed by atoms with Gasteiger partial charge in [-0.1, -0.05) is 13.3 Å². The number of rotatable bonds is 5. The molecule has 1 atom stereocenters. The fraction of sp³-hybridized carbons (Fsp3) is 0.786. The SMILES string of the molecule is CCCc1nn(C)c(N(C)CC2CCCN2C)c1N. The molecule has 2 N–H and O–H groups in total. The van der Waals surface area contributed by atoms with Crippen LogP contribution in [0.2, 0.25) is 0 Å². The van der Waals surface area contributed by atoms with E-state index >= 15 is 0 Å². The fourth-order valence-corrected chi connectivity index (χ4v) is 3.07. The van der Waals surface area contributed by atoms with E-state index in [4.69, 9.17) is 5.73 Å². The van der Waals surface area contributed by atoms with Crippen LogP contribution in [0.5, 0.6) is 0 Å². The molecule has 0 radical (unpaired) electrons. The van der Waals surface area contributed by atoms with Crippen LogP contribution >= 0.6 is 0 Å². The first-order valence-electron chi connectivity index (χ1n) is 7.27. The molecular weight excluding hydrogens is 238 g/mol. The van der Waals surface area contributed by atoms with Gasteiger partial charge in [0, 0.05) is 26.7 Å². The third-order valence-corrected chi connectivity index (χ3v) is 4.13. The Labute approximate surface area is 116 Å². The van der Waals surface area contributed by atoms with E-state index in [1.165, 1.54) is 19.4 Å². The zero-order valence-corrected chi connectivity index (χ0v) is 12.7. The Bertz CT molecular complexity index is 426. The maximum absolute atomic E-state index is 6.26. The van der Waals surface area contributed by atoms with Gasteiger partial charge in [0.1, 0.15) is 5.82 Å². The predicted molar refractivity (Wildman–Crippen MR) is 80.5 cm³/mol. The molecule has 1 aromatic rings. The third-order valence-electron chi connectivity index (χ3n) is 4.13. The van der Waals surface area contributed by atoms with Crippen LogP contribution < -0.4 is 10.6 Å². The molecule has 1 aromatic heterocycles. The van der Waals surface area contributed by atoms with Gasteiger partial charge in [0.05, 0.1) is 11.4 Å². The van der Waals surface area contributed by atoms with Crippen molar-refractivity contribution >= 4 is 11.5 Å². The number of nitrogens with two attached hydrogens (primary N) is 1. The van der Waals surface area contributed by atoms with Crippen LogP contribution in [0.25, 0.3) is 0 Å². The van der Waals surface area contributed by atoms with Crippen LogP contribution in [0.1, 0.15) is 31.9 Å². The first-order chi connectivity index (χ1) is 9.04. The van der Waals surface area contributed by atoms with Gasteiger partial charge in [0.15, 0.2) is 0 Å². The van der Waals surface area contributed by atoms with Gasteiger partial charge in [-0.25, -0.2) is 0 Å². The average molecular weight is 265 g/mol. The molecular formula is C14H27N5. The number of aryl methyl sites for hydroxylation is 2. The monoisotopic (exact) mass is 265 g/mol. The topological polar surface area (TPSA) is 50.3 Å². The molecule has 0 aromatic carbocycles. The molecule has 0 spiro atoms. The first kappa shape index (κ1) is 14.2. The van der Waals surface area contributed by atoms with Gasteiger partial charge >= 0.3 is 0 Å². The molecule has 2 rings (SSSR count). The number of aromatic nitrogens is 2. The maximum atomic E-state index is 6.26. The molecule has 0 amide bonds. The van der Waals surface area contributed by atoms with E-state index in [2.05, 4.69) is 35.9 Å². The largest absolute Gasteiger partial charge is 0.394 e. The van der Waals surface area contributed by atoms with Gasteiger partial charge in [-0.05, 0) is 32.9 Å². The Hall–Kier alpha value is -1.23. The second kappa shape index (κ2) is 5.82. The van der Waals surface area contributed by atoms with Crippen molar-refractivity contribution in [2.24, 2.45) is 7.05 Å². The lowest BCUT2D eigenvalue weighted by molar-refractivity contribution is 0.313. The molecule has 19 heavy (non-hydrogen) atoms. The van der Waals surface area contributed by atoms with Gasteiger partial charge in [-0.15, -0.1) is 0 Å². The number of hydrogen-bond acceptors (Lipinski definition) is 4. The highest BCUT2D eigenvalue weighted by molar-refractivity contribution is 5.66. The summed E-state index contributed by atoms with van der Waals surface area (Å²) in [7, 11) is 6.32. The lowest BCUT2D eigenvalue weighted by Gasteiger charge is -2.27. The summed E-state index contributed by atoms with van der Waals surface area (Å²) in [6, 6.07) is 0.633. The van der Waals surface area contributed by atoms with Crippen molar-refractivity contribution in [2.75, 3.05) is 37.8 Å². The smallest absolute Gasteiger partial charge is 0.150 e. The number of anilines is 2. The highest BCUT2D eigenvalue weighted by Gasteiger charge is 2.24. The van der Waals surface area contributed by atoms with Crippen LogP contribution in [-0.2, 0) is 13.5 Å². The van der Waals surface area contributed by atoms with Gasteiger partial charge in [-0.2, -0.15) is 5.10 Å². The van der Waals surface area contributed by atoms with Crippen LogP contribution in [0.3, 0.4) is 0 Å². The molecule has 1 fully saturated rings. The molecule has 0 bridgehead atoms. The quantitative estimate of drug-likeness (QED) is 0.876. The molecule has 5 heteroatoms. The summed E-state index contributed by atoms with van der Waals surface area (Å²) in [5, 5.41) is 4.55. The highest BCUT2D eigenvalue weighted by atomic mass is 15.4. The summed E-state index contributed by atoms with van der Waals surface area (Å²) < 4.78 is 1.93. The van der Waals surface area contributed by atoms with Crippen LogP contribution in [-0.4, -0.2) is 47.9 Å². The minimum absolute atomic E-state index is 0.633. The van der Waals surface area contributed by atoms with E-state index in [0.29, 0.717) is 6.04 Å². The molecule has 1 aliphatic rings. The van der Waals surface area contributed by atoms with Crippen LogP contribution in [0.4, 0.5) is 11.5 Å². The summed E-state index contributed by atoms with van der Waals surface area (Å²) in [6.07, 6.45) is 4.62. The third kappa shape index (κ3) is 2.86. The second-order valence-corrected chi connectivity index (χ2v) is 5.71. The maximum Gasteiger partial charge on any atom is 0.150 e. The normalized spacial score (nSPS) is 20.1. The molecule has 5 nitrogen and oxygen atoms in total. The lowest BCUT2D eigenvalue weighted by Crippen LogP contribution is -2.37. The van der Waals surface area contributed by atoms with Crippen molar-refractivity contribution in [1.82, 2.24) is 14.7 Å². The van der Waals surface area contributed by atoms with Crippen molar-refractivity contribution in [3.63, 3.8) is 0 Å². The van der Waals surface area contributed by atoms with Crippen molar-refractivity contribution in [3.8, 4) is 0 Å². The van der Waals surface area contributed by atoms with Gasteiger partial charge in [0.25, 0.3) is 0 Å². The minimum Gasteiger partial charge on any atom is -0.394 e. The minimum atomic E-state index is 0.633. The van der Waals surface area contributed by atoms with E-state index in [-0.39, 0.29) is 0 Å². The van der Waals surface area contributed by atoms with Crippen LogP contribution in [0.15, 0.2) is 0 Å². The van der Waals surface area contributed by atoms with E-state index in [0.717, 1.165) is 36.6 Å². The van der Waals surface area contributed by atoms with E-state index in [9.17, 15) is 0 Å². The molecule has 2 heterocycles. The molecule has 1 aliphatic heterocycles. The predicted octanol–water partition coefficient (Wildman–Crippen LogP) is 1.49. The number of likely N-dealkylation sites (N-methyl/N-ethyl adjacent to an activating group) is 2. The van der Waals surface area contributed by atoms with Gasteiger partial charge < -0.3 is 15.5 Å². The van der Waals surface area contributed by atoms with Crippen LogP contribution in [0, 0.1) is 0 Å². The zero-order valence-electron chi connectivity index (χ0n) is 12.7. The van der Waals surface area contributed by atoms with Crippen molar-refractivity contribution in [3.05, 3.63) is 5.69 Å². The molecule has 108 valence electrons. The Morgan fingerprint density at radius 3 is 2.74 bits per heavy atom. The average Bonchev–Trinajstić information content (AvgIpc) is 2.85. The summed E-state index contributed by atoms with van der Waals surface area (Å²) in [5.74, 6) is 1.06. The van der Waals surface area contributed by atoms with E-state index < -0.39 is 0 Å².